The lowest BCUT2D eigenvalue weighted by Gasteiger charge is -2.16. The molecule has 6 heteroatoms. The third-order valence-corrected chi connectivity index (χ3v) is 4.80. The van der Waals surface area contributed by atoms with Crippen LogP contribution in [0.1, 0.15) is 5.56 Å². The Kier molecular flexibility index (Phi) is 5.10. The van der Waals surface area contributed by atoms with E-state index in [4.69, 9.17) is 0 Å². The fraction of sp³-hybridized carbons (Fsp3) is 0.0833. The van der Waals surface area contributed by atoms with Gasteiger partial charge in [-0.05, 0) is 36.4 Å². The summed E-state index contributed by atoms with van der Waals surface area (Å²) in [6.45, 7) is 0. The number of anilines is 1. The molecule has 0 N–H and O–H groups in total. The highest BCUT2D eigenvalue weighted by atomic mass is 16.1. The Bertz CT molecular complexity index is 1300. The van der Waals surface area contributed by atoms with Gasteiger partial charge in [-0.1, -0.05) is 24.3 Å². The maximum atomic E-state index is 13.5. The van der Waals surface area contributed by atoms with E-state index in [1.165, 1.54) is 0 Å². The first kappa shape index (κ1) is 19.1. The minimum absolute atomic E-state index is 0.215. The second-order valence-corrected chi connectivity index (χ2v) is 6.96. The van der Waals surface area contributed by atoms with Crippen molar-refractivity contribution in [3.8, 4) is 34.3 Å². The zero-order chi connectivity index (χ0) is 21.1. The molecule has 4 aromatic rings. The summed E-state index contributed by atoms with van der Waals surface area (Å²) in [5, 5.41) is 9.55. The SMILES string of the molecule is CN(C)c1cccc(-n2cc(-c3ncccn3)cc(-c3ccccc3C#N)c2=O)c1. The van der Waals surface area contributed by atoms with Crippen molar-refractivity contribution in [3.63, 3.8) is 0 Å². The fourth-order valence-corrected chi connectivity index (χ4v) is 3.27. The zero-order valence-electron chi connectivity index (χ0n) is 16.6. The quantitative estimate of drug-likeness (QED) is 0.526. The van der Waals surface area contributed by atoms with Crippen LogP contribution >= 0.6 is 0 Å². The number of nitriles is 1. The number of hydrogen-bond donors (Lipinski definition) is 0. The van der Waals surface area contributed by atoms with Gasteiger partial charge in [-0.3, -0.25) is 9.36 Å². The second kappa shape index (κ2) is 8.02. The molecule has 0 fully saturated rings. The van der Waals surface area contributed by atoms with Crippen molar-refractivity contribution in [1.82, 2.24) is 14.5 Å². The molecule has 0 aliphatic heterocycles. The molecule has 146 valence electrons. The van der Waals surface area contributed by atoms with Gasteiger partial charge < -0.3 is 4.90 Å². The third-order valence-electron chi connectivity index (χ3n) is 4.80. The van der Waals surface area contributed by atoms with Crippen molar-refractivity contribution in [1.29, 1.82) is 5.26 Å². The first-order chi connectivity index (χ1) is 14.6. The van der Waals surface area contributed by atoms with Crippen LogP contribution in [0.2, 0.25) is 0 Å². The van der Waals surface area contributed by atoms with Crippen LogP contribution in [0, 0.1) is 11.3 Å². The molecule has 0 amide bonds. The minimum Gasteiger partial charge on any atom is -0.378 e. The highest BCUT2D eigenvalue weighted by Gasteiger charge is 2.15. The fourth-order valence-electron chi connectivity index (χ4n) is 3.27. The van der Waals surface area contributed by atoms with Crippen molar-refractivity contribution in [3.05, 3.63) is 95.2 Å². The van der Waals surface area contributed by atoms with E-state index in [1.807, 2.05) is 49.3 Å². The van der Waals surface area contributed by atoms with Crippen molar-refractivity contribution in [2.45, 2.75) is 0 Å². The number of aromatic nitrogens is 3. The number of pyridine rings is 1. The highest BCUT2D eigenvalue weighted by Crippen LogP contribution is 2.26. The van der Waals surface area contributed by atoms with Gasteiger partial charge in [-0.2, -0.15) is 5.26 Å². The lowest BCUT2D eigenvalue weighted by atomic mass is 10.00. The van der Waals surface area contributed by atoms with Crippen LogP contribution in [0.5, 0.6) is 0 Å². The predicted octanol–water partition coefficient (Wildman–Crippen LogP) is 3.90. The summed E-state index contributed by atoms with van der Waals surface area (Å²) in [7, 11) is 3.90. The Balaban J connectivity index is 2.03. The first-order valence-corrected chi connectivity index (χ1v) is 9.40. The summed E-state index contributed by atoms with van der Waals surface area (Å²) in [6, 6.07) is 20.5. The topological polar surface area (TPSA) is 74.8 Å². The van der Waals surface area contributed by atoms with Crippen molar-refractivity contribution >= 4 is 5.69 Å². The van der Waals surface area contributed by atoms with E-state index < -0.39 is 0 Å². The second-order valence-electron chi connectivity index (χ2n) is 6.96. The van der Waals surface area contributed by atoms with Crippen LogP contribution in [0.4, 0.5) is 5.69 Å². The summed E-state index contributed by atoms with van der Waals surface area (Å²) in [6.07, 6.45) is 5.06. The number of nitrogens with zero attached hydrogens (tertiary/aromatic N) is 5. The Morgan fingerprint density at radius 1 is 0.933 bits per heavy atom. The van der Waals surface area contributed by atoms with E-state index in [1.54, 1.807) is 53.5 Å². The maximum absolute atomic E-state index is 13.5. The summed E-state index contributed by atoms with van der Waals surface area (Å²) < 4.78 is 1.59. The standard InChI is InChI=1S/C24H19N5O/c1-28(2)19-8-5-9-20(14-19)29-16-18(23-26-11-6-12-27-23)13-22(24(29)30)21-10-4-3-7-17(21)15-25/h3-14,16H,1-2H3. The van der Waals surface area contributed by atoms with Gasteiger partial charge in [0.25, 0.3) is 5.56 Å². The lowest BCUT2D eigenvalue weighted by Crippen LogP contribution is -2.21. The molecule has 0 unspecified atom stereocenters. The van der Waals surface area contributed by atoms with Crippen LogP contribution in [-0.2, 0) is 0 Å². The van der Waals surface area contributed by atoms with Gasteiger partial charge in [0.1, 0.15) is 0 Å². The molecule has 0 bridgehead atoms. The van der Waals surface area contributed by atoms with Crippen LogP contribution in [-0.4, -0.2) is 28.6 Å². The predicted molar refractivity (Wildman–Crippen MR) is 118 cm³/mol. The van der Waals surface area contributed by atoms with Crippen molar-refractivity contribution in [2.75, 3.05) is 19.0 Å². The largest absolute Gasteiger partial charge is 0.378 e. The number of hydrogen-bond acceptors (Lipinski definition) is 5. The monoisotopic (exact) mass is 393 g/mol. The molecular formula is C24H19N5O. The molecule has 0 saturated carbocycles. The first-order valence-electron chi connectivity index (χ1n) is 9.40. The summed E-state index contributed by atoms with van der Waals surface area (Å²) in [5.74, 6) is 0.505. The van der Waals surface area contributed by atoms with Crippen LogP contribution < -0.4 is 10.5 Å². The van der Waals surface area contributed by atoms with Crippen molar-refractivity contribution < 1.29 is 0 Å². The Hall–Kier alpha value is -4.24. The van der Waals surface area contributed by atoms with E-state index in [9.17, 15) is 10.1 Å². The van der Waals surface area contributed by atoms with Gasteiger partial charge in [-0.15, -0.1) is 0 Å². The van der Waals surface area contributed by atoms with Crippen LogP contribution in [0.15, 0.2) is 84.0 Å². The molecule has 2 heterocycles. The maximum Gasteiger partial charge on any atom is 0.263 e. The molecule has 4 rings (SSSR count). The lowest BCUT2D eigenvalue weighted by molar-refractivity contribution is 0.985. The summed E-state index contributed by atoms with van der Waals surface area (Å²) in [5.41, 5.74) is 3.61. The minimum atomic E-state index is -0.215. The van der Waals surface area contributed by atoms with Gasteiger partial charge in [0.15, 0.2) is 5.82 Å². The summed E-state index contributed by atoms with van der Waals surface area (Å²) in [4.78, 5) is 24.2. The van der Waals surface area contributed by atoms with E-state index in [0.29, 0.717) is 28.1 Å². The molecule has 0 spiro atoms. The molecule has 0 atom stereocenters. The molecule has 2 aromatic heterocycles. The molecule has 0 radical (unpaired) electrons. The van der Waals surface area contributed by atoms with E-state index >= 15 is 0 Å². The molecule has 30 heavy (non-hydrogen) atoms. The Morgan fingerprint density at radius 2 is 1.70 bits per heavy atom. The smallest absolute Gasteiger partial charge is 0.263 e. The molecule has 2 aromatic carbocycles. The number of benzene rings is 2. The Labute approximate surface area is 174 Å². The molecule has 0 aliphatic carbocycles. The molecule has 0 aliphatic rings. The van der Waals surface area contributed by atoms with Gasteiger partial charge >= 0.3 is 0 Å². The highest BCUT2D eigenvalue weighted by molar-refractivity contribution is 5.74. The molecular weight excluding hydrogens is 374 g/mol. The molecule has 0 saturated heterocycles. The molecule has 6 nitrogen and oxygen atoms in total. The summed E-state index contributed by atoms with van der Waals surface area (Å²) >= 11 is 0. The van der Waals surface area contributed by atoms with E-state index in [0.717, 1.165) is 11.4 Å². The Morgan fingerprint density at radius 3 is 2.43 bits per heavy atom. The van der Waals surface area contributed by atoms with E-state index in [2.05, 4.69) is 16.0 Å². The van der Waals surface area contributed by atoms with Gasteiger partial charge in [-0.25, -0.2) is 9.97 Å². The average molecular weight is 393 g/mol. The van der Waals surface area contributed by atoms with Crippen LogP contribution in [0.3, 0.4) is 0 Å². The van der Waals surface area contributed by atoms with Gasteiger partial charge in [0.2, 0.25) is 0 Å². The number of rotatable bonds is 4. The van der Waals surface area contributed by atoms with Gasteiger partial charge in [0, 0.05) is 55.1 Å². The average Bonchev–Trinajstić information content (AvgIpc) is 2.80. The van der Waals surface area contributed by atoms with Gasteiger partial charge in [0.05, 0.1) is 17.3 Å². The van der Waals surface area contributed by atoms with Crippen molar-refractivity contribution in [2.24, 2.45) is 0 Å². The third kappa shape index (κ3) is 3.56. The normalized spacial score (nSPS) is 10.4. The van der Waals surface area contributed by atoms with Crippen LogP contribution in [0.25, 0.3) is 28.2 Å². The van der Waals surface area contributed by atoms with E-state index in [-0.39, 0.29) is 5.56 Å². The zero-order valence-corrected chi connectivity index (χ0v) is 16.6.